The summed E-state index contributed by atoms with van der Waals surface area (Å²) in [5.74, 6) is -3.45. The molecular weight excluding hydrogens is 414 g/mol. The van der Waals surface area contributed by atoms with Crippen LogP contribution in [0.4, 0.5) is 5.00 Å². The number of carbonyl (C=O) groups is 3. The van der Waals surface area contributed by atoms with Gasteiger partial charge in [-0.05, 0) is 36.7 Å². The van der Waals surface area contributed by atoms with Crippen LogP contribution >= 0.6 is 11.3 Å². The second kappa shape index (κ2) is 8.67. The highest BCUT2D eigenvalue weighted by atomic mass is 32.1. The Morgan fingerprint density at radius 1 is 1.10 bits per heavy atom. The molecule has 0 spiro atoms. The normalized spacial score (nSPS) is 24.1. The molecule has 6 nitrogen and oxygen atoms in total. The van der Waals surface area contributed by atoms with E-state index in [-0.39, 0.29) is 17.7 Å². The summed E-state index contributed by atoms with van der Waals surface area (Å²) in [6.07, 6.45) is 6.17. The van der Waals surface area contributed by atoms with Crippen LogP contribution in [-0.2, 0) is 20.7 Å². The van der Waals surface area contributed by atoms with E-state index in [1.165, 1.54) is 18.4 Å². The second-order valence-corrected chi connectivity index (χ2v) is 9.09. The van der Waals surface area contributed by atoms with Crippen molar-refractivity contribution in [3.05, 3.63) is 52.9 Å². The van der Waals surface area contributed by atoms with Crippen LogP contribution in [0.5, 0.6) is 0 Å². The van der Waals surface area contributed by atoms with Gasteiger partial charge in [0.15, 0.2) is 0 Å². The van der Waals surface area contributed by atoms with E-state index in [0.29, 0.717) is 17.0 Å². The van der Waals surface area contributed by atoms with Gasteiger partial charge < -0.3 is 15.2 Å². The molecule has 3 aliphatic rings. The van der Waals surface area contributed by atoms with Gasteiger partial charge in [0, 0.05) is 10.4 Å². The molecule has 1 amide bonds. The third-order valence-corrected chi connectivity index (χ3v) is 7.58. The maximum Gasteiger partial charge on any atom is 0.341 e. The zero-order valence-corrected chi connectivity index (χ0v) is 18.3. The predicted octanol–water partition coefficient (Wildman–Crippen LogP) is 4.62. The van der Waals surface area contributed by atoms with Gasteiger partial charge >= 0.3 is 11.9 Å². The van der Waals surface area contributed by atoms with Gasteiger partial charge in [0.05, 0.1) is 18.9 Å². The topological polar surface area (TPSA) is 92.7 Å². The lowest BCUT2D eigenvalue weighted by Crippen LogP contribution is -2.47. The summed E-state index contributed by atoms with van der Waals surface area (Å²) < 4.78 is 5.04. The summed E-state index contributed by atoms with van der Waals surface area (Å²) in [6, 6.07) is 9.54. The number of nitrogens with one attached hydrogen (secondary N) is 1. The summed E-state index contributed by atoms with van der Waals surface area (Å²) in [6.45, 7) is 2.00. The third kappa shape index (κ3) is 3.78. The molecular formula is C24H25NO5S. The van der Waals surface area contributed by atoms with Crippen molar-refractivity contribution < 1.29 is 24.2 Å². The van der Waals surface area contributed by atoms with Gasteiger partial charge in [-0.2, -0.15) is 0 Å². The zero-order valence-electron chi connectivity index (χ0n) is 17.5. The van der Waals surface area contributed by atoms with Crippen LogP contribution in [0.25, 0.3) is 11.1 Å². The number of carbonyl (C=O) groups excluding carboxylic acids is 2. The van der Waals surface area contributed by atoms with Gasteiger partial charge in [-0.25, -0.2) is 4.79 Å². The number of thiophene rings is 1. The Labute approximate surface area is 184 Å². The van der Waals surface area contributed by atoms with Gasteiger partial charge in [0.2, 0.25) is 5.91 Å². The molecule has 1 heterocycles. The van der Waals surface area contributed by atoms with E-state index in [1.807, 2.05) is 49.4 Å². The van der Waals surface area contributed by atoms with Crippen molar-refractivity contribution in [3.63, 3.8) is 0 Å². The highest BCUT2D eigenvalue weighted by Crippen LogP contribution is 2.47. The number of hydrogen-bond donors (Lipinski definition) is 2. The first-order valence-corrected chi connectivity index (χ1v) is 11.3. The van der Waals surface area contributed by atoms with Crippen LogP contribution in [0.15, 0.2) is 42.5 Å². The molecule has 2 bridgehead atoms. The number of ether oxygens (including phenoxy) is 1. The van der Waals surface area contributed by atoms with Crippen molar-refractivity contribution in [2.24, 2.45) is 23.7 Å². The summed E-state index contributed by atoms with van der Waals surface area (Å²) >= 11 is 1.35. The maximum absolute atomic E-state index is 13.3. The van der Waals surface area contributed by atoms with Gasteiger partial charge in [0.1, 0.15) is 10.6 Å². The van der Waals surface area contributed by atoms with E-state index in [9.17, 15) is 19.5 Å². The molecule has 5 rings (SSSR count). The minimum Gasteiger partial charge on any atom is -0.481 e. The van der Waals surface area contributed by atoms with Gasteiger partial charge in [0.25, 0.3) is 0 Å². The zero-order chi connectivity index (χ0) is 22.1. The number of anilines is 1. The monoisotopic (exact) mass is 439 g/mol. The largest absolute Gasteiger partial charge is 0.481 e. The van der Waals surface area contributed by atoms with E-state index in [2.05, 4.69) is 5.32 Å². The van der Waals surface area contributed by atoms with Crippen molar-refractivity contribution in [1.29, 1.82) is 0 Å². The molecule has 1 aromatic carbocycles. The number of carboxylic acid groups (broad SMARTS) is 1. The minimum absolute atomic E-state index is 0.105. The molecule has 1 saturated carbocycles. The number of methoxy groups -OCH3 is 1. The lowest BCUT2D eigenvalue weighted by atomic mass is 9.62. The molecule has 0 unspecified atom stereocenters. The van der Waals surface area contributed by atoms with Crippen LogP contribution in [0, 0.1) is 23.7 Å². The second-order valence-electron chi connectivity index (χ2n) is 7.98. The van der Waals surface area contributed by atoms with Crippen molar-refractivity contribution in [2.45, 2.75) is 26.2 Å². The first kappa shape index (κ1) is 21.3. The average molecular weight is 440 g/mol. The van der Waals surface area contributed by atoms with Crippen LogP contribution < -0.4 is 5.32 Å². The average Bonchev–Trinajstić information content (AvgIpc) is 3.17. The Kier molecular flexibility index (Phi) is 5.96. The number of aryl methyl sites for hydroxylation is 1. The molecule has 0 aliphatic heterocycles. The molecule has 0 radical (unpaired) electrons. The molecule has 3 aliphatic carbocycles. The van der Waals surface area contributed by atoms with E-state index in [1.54, 1.807) is 0 Å². The van der Waals surface area contributed by atoms with Gasteiger partial charge in [-0.15, -0.1) is 11.3 Å². The summed E-state index contributed by atoms with van der Waals surface area (Å²) in [7, 11) is 1.32. The number of benzene rings is 1. The quantitative estimate of drug-likeness (QED) is 0.506. The fraction of sp³-hybridized carbons (Fsp3) is 0.375. The number of carboxylic acids is 1. The Morgan fingerprint density at radius 3 is 2.29 bits per heavy atom. The fourth-order valence-corrected chi connectivity index (χ4v) is 6.06. The number of aliphatic carboxylic acids is 1. The minimum atomic E-state index is -0.946. The highest BCUT2D eigenvalue weighted by Gasteiger charge is 2.48. The Hall–Kier alpha value is -2.93. The van der Waals surface area contributed by atoms with Crippen molar-refractivity contribution in [1.82, 2.24) is 0 Å². The van der Waals surface area contributed by atoms with E-state index >= 15 is 0 Å². The molecule has 1 fully saturated rings. The lowest BCUT2D eigenvalue weighted by molar-refractivity contribution is -0.151. The number of esters is 1. The van der Waals surface area contributed by atoms with Crippen LogP contribution in [0.3, 0.4) is 0 Å². The maximum atomic E-state index is 13.3. The fourth-order valence-electron chi connectivity index (χ4n) is 4.91. The number of hydrogen-bond acceptors (Lipinski definition) is 5. The predicted molar refractivity (Wildman–Crippen MR) is 119 cm³/mol. The van der Waals surface area contributed by atoms with E-state index < -0.39 is 23.8 Å². The number of rotatable bonds is 6. The first-order valence-electron chi connectivity index (χ1n) is 10.5. The van der Waals surface area contributed by atoms with E-state index in [0.717, 1.165) is 28.8 Å². The first-order chi connectivity index (χ1) is 15.0. The van der Waals surface area contributed by atoms with E-state index in [4.69, 9.17) is 4.74 Å². The summed E-state index contributed by atoms with van der Waals surface area (Å²) in [5.41, 5.74) is 1.96. The molecule has 162 valence electrons. The number of allylic oxidation sites excluding steroid dienone is 2. The Bertz CT molecular complexity index is 1040. The van der Waals surface area contributed by atoms with Crippen molar-refractivity contribution in [3.8, 4) is 11.1 Å². The van der Waals surface area contributed by atoms with Crippen LogP contribution in [0.2, 0.25) is 0 Å². The molecule has 4 atom stereocenters. The Morgan fingerprint density at radius 2 is 1.74 bits per heavy atom. The molecule has 31 heavy (non-hydrogen) atoms. The highest BCUT2D eigenvalue weighted by molar-refractivity contribution is 7.17. The van der Waals surface area contributed by atoms with Gasteiger partial charge in [-0.3, -0.25) is 9.59 Å². The van der Waals surface area contributed by atoms with Gasteiger partial charge in [-0.1, -0.05) is 49.4 Å². The lowest BCUT2D eigenvalue weighted by Gasteiger charge is -2.41. The molecule has 2 N–H and O–H groups in total. The summed E-state index contributed by atoms with van der Waals surface area (Å²) in [4.78, 5) is 39.0. The number of fused-ring (bicyclic) bond motifs is 2. The van der Waals surface area contributed by atoms with Crippen molar-refractivity contribution in [2.75, 3.05) is 12.4 Å². The molecule has 7 heteroatoms. The SMILES string of the molecule is CCc1sc(NC(=O)[C@H]2[C@@H](C(=O)O)[C@H]3C=C[C@@H]2CC3)c(C(=O)OC)c1-c1ccccc1. The standard InChI is InChI=1S/C24H25NO5S/c1-3-16-17(13-7-5-4-6-8-13)20(24(29)30-2)22(31-16)25-21(26)18-14-9-11-15(12-10-14)19(18)23(27)28/h4-9,11,14-15,18-19H,3,10,12H2,1-2H3,(H,25,26)(H,27,28)/t14-,15+,18-,19+/m1/s1. The van der Waals surface area contributed by atoms with Crippen LogP contribution in [0.1, 0.15) is 35.0 Å². The third-order valence-electron chi connectivity index (χ3n) is 6.33. The number of amides is 1. The van der Waals surface area contributed by atoms with Crippen LogP contribution in [-0.4, -0.2) is 30.1 Å². The molecule has 1 aromatic heterocycles. The Balaban J connectivity index is 1.74. The molecule has 0 saturated heterocycles. The smallest absolute Gasteiger partial charge is 0.341 e. The summed E-state index contributed by atoms with van der Waals surface area (Å²) in [5, 5.41) is 13.1. The molecule has 2 aromatic rings. The van der Waals surface area contributed by atoms with Crippen molar-refractivity contribution >= 4 is 34.2 Å².